The summed E-state index contributed by atoms with van der Waals surface area (Å²) in [5, 5.41) is 1.22. The maximum atomic E-state index is 11.5. The van der Waals surface area contributed by atoms with Gasteiger partial charge in [-0.1, -0.05) is 29.3 Å². The number of hydrogen-bond acceptors (Lipinski definition) is 3. The number of rotatable bonds is 4. The van der Waals surface area contributed by atoms with Gasteiger partial charge in [-0.3, -0.25) is 0 Å². The van der Waals surface area contributed by atoms with Crippen LogP contribution < -0.4 is 5.73 Å². The standard InChI is InChI=1S/C13H17Cl2NO2S/c14-12-2-1-9(13(15)6-12)5-11(7-16)10-3-4-19(17,18)8-10/h1-2,6,10-11H,3-5,7-8,16H2. The van der Waals surface area contributed by atoms with Crippen LogP contribution in [0.5, 0.6) is 0 Å². The molecule has 0 amide bonds. The predicted molar refractivity (Wildman–Crippen MR) is 79.5 cm³/mol. The average molecular weight is 322 g/mol. The molecule has 2 unspecified atom stereocenters. The van der Waals surface area contributed by atoms with Gasteiger partial charge in [0.05, 0.1) is 11.5 Å². The van der Waals surface area contributed by atoms with Crippen LogP contribution in [0.3, 0.4) is 0 Å². The molecule has 19 heavy (non-hydrogen) atoms. The van der Waals surface area contributed by atoms with E-state index in [2.05, 4.69) is 0 Å². The Morgan fingerprint density at radius 3 is 2.63 bits per heavy atom. The molecule has 2 N–H and O–H groups in total. The number of nitrogens with two attached hydrogens (primary N) is 1. The van der Waals surface area contributed by atoms with Gasteiger partial charge in [0.15, 0.2) is 9.84 Å². The second-order valence-corrected chi connectivity index (χ2v) is 8.17. The van der Waals surface area contributed by atoms with Crippen LogP contribution in [-0.4, -0.2) is 26.5 Å². The van der Waals surface area contributed by atoms with Crippen LogP contribution in [0.25, 0.3) is 0 Å². The first-order valence-corrected chi connectivity index (χ1v) is 8.83. The molecule has 1 aliphatic heterocycles. The monoisotopic (exact) mass is 321 g/mol. The number of benzene rings is 1. The Labute approximate surface area is 124 Å². The molecule has 1 heterocycles. The first-order valence-electron chi connectivity index (χ1n) is 6.25. The van der Waals surface area contributed by atoms with Crippen molar-refractivity contribution >= 4 is 33.0 Å². The SMILES string of the molecule is NCC(Cc1ccc(Cl)cc1Cl)C1CCS(=O)(=O)C1. The van der Waals surface area contributed by atoms with Gasteiger partial charge in [-0.25, -0.2) is 8.42 Å². The lowest BCUT2D eigenvalue weighted by Crippen LogP contribution is -2.26. The summed E-state index contributed by atoms with van der Waals surface area (Å²) in [6.07, 6.45) is 1.40. The zero-order chi connectivity index (χ0) is 14.0. The first kappa shape index (κ1) is 15.1. The summed E-state index contributed by atoms with van der Waals surface area (Å²) in [6.45, 7) is 0.471. The molecule has 0 radical (unpaired) electrons. The molecule has 6 heteroatoms. The van der Waals surface area contributed by atoms with Gasteiger partial charge < -0.3 is 5.73 Å². The van der Waals surface area contributed by atoms with Crippen molar-refractivity contribution in [1.82, 2.24) is 0 Å². The number of halogens is 2. The van der Waals surface area contributed by atoms with Gasteiger partial charge in [-0.15, -0.1) is 0 Å². The van der Waals surface area contributed by atoms with Gasteiger partial charge in [0.25, 0.3) is 0 Å². The van der Waals surface area contributed by atoms with Crippen molar-refractivity contribution in [3.05, 3.63) is 33.8 Å². The van der Waals surface area contributed by atoms with Gasteiger partial charge in [-0.2, -0.15) is 0 Å². The Bertz CT molecular complexity index is 560. The van der Waals surface area contributed by atoms with E-state index in [0.717, 1.165) is 5.56 Å². The molecule has 1 saturated heterocycles. The fourth-order valence-electron chi connectivity index (χ4n) is 2.61. The minimum absolute atomic E-state index is 0.141. The van der Waals surface area contributed by atoms with Gasteiger partial charge in [0.1, 0.15) is 0 Å². The Morgan fingerprint density at radius 1 is 1.37 bits per heavy atom. The molecule has 0 aromatic heterocycles. The van der Waals surface area contributed by atoms with Crippen LogP contribution >= 0.6 is 23.2 Å². The third-order valence-corrected chi connectivity index (χ3v) is 6.11. The zero-order valence-electron chi connectivity index (χ0n) is 10.5. The Kier molecular flexibility index (Phi) is 4.77. The maximum absolute atomic E-state index is 11.5. The minimum atomic E-state index is -2.87. The second-order valence-electron chi connectivity index (χ2n) is 5.10. The highest BCUT2D eigenvalue weighted by Gasteiger charge is 2.33. The summed E-state index contributed by atoms with van der Waals surface area (Å²) in [5.41, 5.74) is 6.78. The molecule has 1 aromatic carbocycles. The molecular weight excluding hydrogens is 305 g/mol. The largest absolute Gasteiger partial charge is 0.330 e. The summed E-state index contributed by atoms with van der Waals surface area (Å²) < 4.78 is 23.1. The highest BCUT2D eigenvalue weighted by Crippen LogP contribution is 2.30. The molecule has 2 rings (SSSR count). The molecule has 0 aliphatic carbocycles. The van der Waals surface area contributed by atoms with E-state index in [1.54, 1.807) is 12.1 Å². The van der Waals surface area contributed by atoms with Gasteiger partial charge in [-0.05, 0) is 48.9 Å². The van der Waals surface area contributed by atoms with Crippen molar-refractivity contribution in [2.75, 3.05) is 18.1 Å². The van der Waals surface area contributed by atoms with E-state index in [0.29, 0.717) is 29.4 Å². The second kappa shape index (κ2) is 6.00. The maximum Gasteiger partial charge on any atom is 0.150 e. The van der Waals surface area contributed by atoms with Gasteiger partial charge >= 0.3 is 0 Å². The molecule has 0 bridgehead atoms. The van der Waals surface area contributed by atoms with E-state index in [1.165, 1.54) is 0 Å². The lowest BCUT2D eigenvalue weighted by molar-refractivity contribution is 0.371. The quantitative estimate of drug-likeness (QED) is 0.927. The average Bonchev–Trinajstić information content (AvgIpc) is 2.69. The van der Waals surface area contributed by atoms with Crippen molar-refractivity contribution in [1.29, 1.82) is 0 Å². The number of sulfone groups is 1. The van der Waals surface area contributed by atoms with Crippen molar-refractivity contribution in [3.63, 3.8) is 0 Å². The van der Waals surface area contributed by atoms with Crippen molar-refractivity contribution < 1.29 is 8.42 Å². The normalized spacial score (nSPS) is 23.4. The van der Waals surface area contributed by atoms with Crippen molar-refractivity contribution in [3.8, 4) is 0 Å². The van der Waals surface area contributed by atoms with Crippen LogP contribution in [-0.2, 0) is 16.3 Å². The van der Waals surface area contributed by atoms with E-state index >= 15 is 0 Å². The lowest BCUT2D eigenvalue weighted by atomic mass is 9.86. The topological polar surface area (TPSA) is 60.2 Å². The fourth-order valence-corrected chi connectivity index (χ4v) is 5.01. The smallest absolute Gasteiger partial charge is 0.150 e. The van der Waals surface area contributed by atoms with Crippen LogP contribution in [0, 0.1) is 11.8 Å². The molecule has 2 atom stereocenters. The Balaban J connectivity index is 2.11. The van der Waals surface area contributed by atoms with E-state index in [9.17, 15) is 8.42 Å². The van der Waals surface area contributed by atoms with E-state index in [1.807, 2.05) is 6.07 Å². The van der Waals surface area contributed by atoms with Gasteiger partial charge in [0.2, 0.25) is 0 Å². The first-order chi connectivity index (χ1) is 8.91. The molecule has 1 fully saturated rings. The van der Waals surface area contributed by atoms with E-state index < -0.39 is 9.84 Å². The van der Waals surface area contributed by atoms with E-state index in [4.69, 9.17) is 28.9 Å². The molecule has 1 aliphatic rings. The summed E-state index contributed by atoms with van der Waals surface area (Å²) in [4.78, 5) is 0. The number of hydrogen-bond donors (Lipinski definition) is 1. The Morgan fingerprint density at radius 2 is 2.11 bits per heavy atom. The molecule has 3 nitrogen and oxygen atoms in total. The van der Waals surface area contributed by atoms with Crippen LogP contribution in [0.2, 0.25) is 10.0 Å². The highest BCUT2D eigenvalue weighted by molar-refractivity contribution is 7.91. The lowest BCUT2D eigenvalue weighted by Gasteiger charge is -2.21. The van der Waals surface area contributed by atoms with Crippen molar-refractivity contribution in [2.24, 2.45) is 17.6 Å². The summed E-state index contributed by atoms with van der Waals surface area (Å²) in [5.74, 6) is 0.820. The van der Waals surface area contributed by atoms with Crippen LogP contribution in [0.1, 0.15) is 12.0 Å². The molecule has 0 saturated carbocycles. The minimum Gasteiger partial charge on any atom is -0.330 e. The highest BCUT2D eigenvalue weighted by atomic mass is 35.5. The molecular formula is C13H17Cl2NO2S. The van der Waals surface area contributed by atoms with Gasteiger partial charge in [0, 0.05) is 10.0 Å². The predicted octanol–water partition coefficient (Wildman–Crippen LogP) is 2.55. The third-order valence-electron chi connectivity index (χ3n) is 3.73. The third kappa shape index (κ3) is 3.85. The van der Waals surface area contributed by atoms with Crippen LogP contribution in [0.15, 0.2) is 18.2 Å². The summed E-state index contributed by atoms with van der Waals surface area (Å²) in [6, 6.07) is 5.38. The summed E-state index contributed by atoms with van der Waals surface area (Å²) >= 11 is 12.0. The zero-order valence-corrected chi connectivity index (χ0v) is 12.8. The molecule has 0 spiro atoms. The molecule has 1 aromatic rings. The fraction of sp³-hybridized carbons (Fsp3) is 0.538. The van der Waals surface area contributed by atoms with E-state index in [-0.39, 0.29) is 23.3 Å². The molecule has 106 valence electrons. The van der Waals surface area contributed by atoms with Crippen molar-refractivity contribution in [2.45, 2.75) is 12.8 Å². The Hall–Kier alpha value is -0.290. The summed E-state index contributed by atoms with van der Waals surface area (Å²) in [7, 11) is -2.87. The van der Waals surface area contributed by atoms with Crippen LogP contribution in [0.4, 0.5) is 0 Å².